The predicted octanol–water partition coefficient (Wildman–Crippen LogP) is 5.36. The van der Waals surface area contributed by atoms with Crippen LogP contribution in [0.3, 0.4) is 0 Å². The number of nitrogens with zero attached hydrogens (tertiary/aromatic N) is 2. The third-order valence-electron chi connectivity index (χ3n) is 6.71. The Morgan fingerprint density at radius 1 is 1.03 bits per heavy atom. The van der Waals surface area contributed by atoms with Gasteiger partial charge in [-0.2, -0.15) is 0 Å². The number of nitrogens with one attached hydrogen (secondary N) is 1. The normalized spacial score (nSPS) is 15.0. The summed E-state index contributed by atoms with van der Waals surface area (Å²) in [6, 6.07) is 11.4. The van der Waals surface area contributed by atoms with Crippen molar-refractivity contribution in [2.24, 2.45) is 0 Å². The van der Waals surface area contributed by atoms with Gasteiger partial charge < -0.3 is 10.2 Å². The highest BCUT2D eigenvalue weighted by Gasteiger charge is 2.32. The van der Waals surface area contributed by atoms with Crippen molar-refractivity contribution in [3.05, 3.63) is 63.6 Å². The molecule has 202 valence electrons. The van der Waals surface area contributed by atoms with Gasteiger partial charge in [0.2, 0.25) is 21.8 Å². The SMILES string of the molecule is CC(C)c1ccccc1N(CC(=O)N(Cc1ccc(Cl)c(Cl)c1)[C@H](C)C(=O)NC1CCCC1)S(C)(=O)=O. The van der Waals surface area contributed by atoms with E-state index in [9.17, 15) is 18.0 Å². The van der Waals surface area contributed by atoms with E-state index >= 15 is 0 Å². The van der Waals surface area contributed by atoms with Crippen LogP contribution in [-0.4, -0.2) is 50.0 Å². The molecule has 0 aliphatic heterocycles. The fraction of sp³-hybridized carbons (Fsp3) is 0.481. The predicted molar refractivity (Wildman–Crippen MR) is 150 cm³/mol. The van der Waals surface area contributed by atoms with Crippen LogP contribution >= 0.6 is 23.2 Å². The summed E-state index contributed by atoms with van der Waals surface area (Å²) in [5.41, 5.74) is 1.94. The van der Waals surface area contributed by atoms with Crippen molar-refractivity contribution in [1.29, 1.82) is 0 Å². The Hall–Kier alpha value is -2.29. The molecule has 37 heavy (non-hydrogen) atoms. The Kier molecular flexibility index (Phi) is 9.89. The highest BCUT2D eigenvalue weighted by molar-refractivity contribution is 7.92. The van der Waals surface area contributed by atoms with Crippen molar-refractivity contribution in [3.63, 3.8) is 0 Å². The van der Waals surface area contributed by atoms with Crippen molar-refractivity contribution in [3.8, 4) is 0 Å². The van der Waals surface area contributed by atoms with E-state index in [4.69, 9.17) is 23.2 Å². The summed E-state index contributed by atoms with van der Waals surface area (Å²) in [6.45, 7) is 5.22. The largest absolute Gasteiger partial charge is 0.352 e. The summed E-state index contributed by atoms with van der Waals surface area (Å²) in [5.74, 6) is -0.725. The number of hydrogen-bond donors (Lipinski definition) is 1. The van der Waals surface area contributed by atoms with E-state index in [2.05, 4.69) is 5.32 Å². The van der Waals surface area contributed by atoms with Crippen molar-refractivity contribution in [1.82, 2.24) is 10.2 Å². The number of sulfonamides is 1. The number of carbonyl (C=O) groups excluding carboxylic acids is 2. The average Bonchev–Trinajstić information content (AvgIpc) is 3.34. The molecule has 1 atom stereocenters. The van der Waals surface area contributed by atoms with Gasteiger partial charge in [-0.3, -0.25) is 13.9 Å². The Labute approximate surface area is 230 Å². The molecule has 1 fully saturated rings. The summed E-state index contributed by atoms with van der Waals surface area (Å²) >= 11 is 12.3. The number of anilines is 1. The molecule has 1 saturated carbocycles. The number of para-hydroxylation sites is 1. The van der Waals surface area contributed by atoms with E-state index in [-0.39, 0.29) is 24.4 Å². The zero-order chi connectivity index (χ0) is 27.3. The molecule has 0 saturated heterocycles. The molecule has 2 aromatic carbocycles. The number of benzene rings is 2. The van der Waals surface area contributed by atoms with Crippen molar-refractivity contribution in [2.45, 2.75) is 71.0 Å². The van der Waals surface area contributed by atoms with Crippen LogP contribution in [0, 0.1) is 0 Å². The molecule has 0 bridgehead atoms. The maximum absolute atomic E-state index is 13.8. The van der Waals surface area contributed by atoms with Gasteiger partial charge in [-0.25, -0.2) is 8.42 Å². The van der Waals surface area contributed by atoms with Crippen LogP contribution in [0.5, 0.6) is 0 Å². The summed E-state index contributed by atoms with van der Waals surface area (Å²) in [4.78, 5) is 28.3. The van der Waals surface area contributed by atoms with E-state index in [1.165, 1.54) is 4.90 Å². The van der Waals surface area contributed by atoms with Crippen molar-refractivity contribution < 1.29 is 18.0 Å². The lowest BCUT2D eigenvalue weighted by molar-refractivity contribution is -0.139. The second-order valence-electron chi connectivity index (χ2n) is 9.92. The van der Waals surface area contributed by atoms with E-state index in [1.54, 1.807) is 37.3 Å². The smallest absolute Gasteiger partial charge is 0.244 e. The molecule has 0 heterocycles. The second kappa shape index (κ2) is 12.5. The Morgan fingerprint density at radius 3 is 2.27 bits per heavy atom. The lowest BCUT2D eigenvalue weighted by Gasteiger charge is -2.33. The molecule has 0 unspecified atom stereocenters. The van der Waals surface area contributed by atoms with Gasteiger partial charge in [0.05, 0.1) is 22.0 Å². The molecule has 1 aliphatic rings. The number of halogens is 2. The number of hydrogen-bond acceptors (Lipinski definition) is 4. The lowest BCUT2D eigenvalue weighted by Crippen LogP contribution is -2.52. The Balaban J connectivity index is 1.94. The summed E-state index contributed by atoms with van der Waals surface area (Å²) in [6.07, 6.45) is 5.02. The van der Waals surface area contributed by atoms with Crippen LogP contribution in [-0.2, 0) is 26.2 Å². The highest BCUT2D eigenvalue weighted by atomic mass is 35.5. The van der Waals surface area contributed by atoms with Gasteiger partial charge in [-0.1, -0.05) is 74.2 Å². The fourth-order valence-corrected chi connectivity index (χ4v) is 5.80. The van der Waals surface area contributed by atoms with E-state index in [1.807, 2.05) is 26.0 Å². The summed E-state index contributed by atoms with van der Waals surface area (Å²) < 4.78 is 26.9. The summed E-state index contributed by atoms with van der Waals surface area (Å²) in [7, 11) is -3.81. The van der Waals surface area contributed by atoms with E-state index < -0.39 is 28.5 Å². The Bertz CT molecular complexity index is 1230. The minimum atomic E-state index is -3.81. The molecular formula is C27H35Cl2N3O4S. The molecule has 2 aromatic rings. The van der Waals surface area contributed by atoms with Gasteiger partial charge in [0, 0.05) is 12.6 Å². The monoisotopic (exact) mass is 567 g/mol. The average molecular weight is 569 g/mol. The van der Waals surface area contributed by atoms with Crippen LogP contribution in [0.2, 0.25) is 10.0 Å². The van der Waals surface area contributed by atoms with Crippen LogP contribution < -0.4 is 9.62 Å². The minimum Gasteiger partial charge on any atom is -0.352 e. The molecule has 3 rings (SSSR count). The first-order chi connectivity index (χ1) is 17.4. The minimum absolute atomic E-state index is 0.0407. The van der Waals surface area contributed by atoms with Gasteiger partial charge in [0.1, 0.15) is 12.6 Å². The molecule has 1 aliphatic carbocycles. The lowest BCUT2D eigenvalue weighted by atomic mass is 10.0. The molecule has 0 spiro atoms. The highest BCUT2D eigenvalue weighted by Crippen LogP contribution is 2.30. The van der Waals surface area contributed by atoms with Crippen LogP contribution in [0.25, 0.3) is 0 Å². The van der Waals surface area contributed by atoms with E-state index in [0.717, 1.165) is 41.8 Å². The second-order valence-corrected chi connectivity index (χ2v) is 12.6. The van der Waals surface area contributed by atoms with Crippen LogP contribution in [0.4, 0.5) is 5.69 Å². The number of rotatable bonds is 10. The molecule has 7 nitrogen and oxygen atoms in total. The quantitative estimate of drug-likeness (QED) is 0.418. The van der Waals surface area contributed by atoms with Gasteiger partial charge in [-0.05, 0) is 55.0 Å². The zero-order valence-corrected chi connectivity index (χ0v) is 24.0. The van der Waals surface area contributed by atoms with E-state index in [0.29, 0.717) is 21.3 Å². The van der Waals surface area contributed by atoms with Gasteiger partial charge >= 0.3 is 0 Å². The van der Waals surface area contributed by atoms with Crippen molar-refractivity contribution in [2.75, 3.05) is 17.1 Å². The first-order valence-corrected chi connectivity index (χ1v) is 15.1. The topological polar surface area (TPSA) is 86.8 Å². The molecular weight excluding hydrogens is 533 g/mol. The van der Waals surface area contributed by atoms with Gasteiger partial charge in [0.25, 0.3) is 0 Å². The Morgan fingerprint density at radius 2 is 1.68 bits per heavy atom. The first kappa shape index (κ1) is 29.3. The zero-order valence-electron chi connectivity index (χ0n) is 21.7. The third kappa shape index (κ3) is 7.62. The van der Waals surface area contributed by atoms with Crippen molar-refractivity contribution >= 4 is 50.7 Å². The van der Waals surface area contributed by atoms with Crippen LogP contribution in [0.15, 0.2) is 42.5 Å². The standard InChI is InChI=1S/C27H35Cl2N3O4S/c1-18(2)22-11-7-8-12-25(22)32(37(4,35)36)17-26(33)31(16-20-13-14-23(28)24(29)15-20)19(3)27(34)30-21-9-5-6-10-21/h7-8,11-15,18-19,21H,5-6,9-10,16-17H2,1-4H3,(H,30,34)/t19-/m1/s1. The maximum atomic E-state index is 13.8. The molecule has 0 radical (unpaired) electrons. The molecule has 10 heteroatoms. The molecule has 2 amide bonds. The molecule has 0 aromatic heterocycles. The van der Waals surface area contributed by atoms with Crippen LogP contribution in [0.1, 0.15) is 63.5 Å². The molecule has 1 N–H and O–H groups in total. The first-order valence-electron chi connectivity index (χ1n) is 12.5. The summed E-state index contributed by atoms with van der Waals surface area (Å²) in [5, 5.41) is 3.76. The number of carbonyl (C=O) groups is 2. The fourth-order valence-electron chi connectivity index (χ4n) is 4.61. The van der Waals surface area contributed by atoms with Gasteiger partial charge in [0.15, 0.2) is 0 Å². The third-order valence-corrected chi connectivity index (χ3v) is 8.58. The van der Waals surface area contributed by atoms with Gasteiger partial charge in [-0.15, -0.1) is 0 Å². The maximum Gasteiger partial charge on any atom is 0.244 e. The number of amides is 2.